The third kappa shape index (κ3) is 6.60. The van der Waals surface area contributed by atoms with E-state index in [2.05, 4.69) is 12.1 Å². The standard InChI is InChI=1S/C21H26ClNO3/c1-21(2,3)15-23(20(24)25)11-12-26-19-10-9-17(14-18(19)22)13-16-7-5-4-6-8-16/h4-10,14H,11-13,15H2,1-3H3,(H,24,25). The van der Waals surface area contributed by atoms with Gasteiger partial charge in [-0.25, -0.2) is 4.79 Å². The van der Waals surface area contributed by atoms with Gasteiger partial charge in [0.1, 0.15) is 12.4 Å². The largest absolute Gasteiger partial charge is 0.490 e. The fraction of sp³-hybridized carbons (Fsp3) is 0.381. The van der Waals surface area contributed by atoms with Gasteiger partial charge in [0.2, 0.25) is 0 Å². The first-order chi connectivity index (χ1) is 12.2. The lowest BCUT2D eigenvalue weighted by Gasteiger charge is -2.27. The summed E-state index contributed by atoms with van der Waals surface area (Å²) in [7, 11) is 0. The lowest BCUT2D eigenvalue weighted by Crippen LogP contribution is -2.39. The Labute approximate surface area is 160 Å². The van der Waals surface area contributed by atoms with Crippen LogP contribution in [0.5, 0.6) is 5.75 Å². The van der Waals surface area contributed by atoms with Crippen LogP contribution in [0.25, 0.3) is 0 Å². The van der Waals surface area contributed by atoms with E-state index in [1.165, 1.54) is 10.5 Å². The molecule has 2 aromatic rings. The number of nitrogens with zero attached hydrogens (tertiary/aromatic N) is 1. The monoisotopic (exact) mass is 375 g/mol. The van der Waals surface area contributed by atoms with Gasteiger partial charge in [-0.2, -0.15) is 0 Å². The number of halogens is 1. The molecule has 0 atom stereocenters. The number of carbonyl (C=O) groups is 1. The van der Waals surface area contributed by atoms with E-state index in [0.29, 0.717) is 23.9 Å². The molecule has 4 nitrogen and oxygen atoms in total. The number of benzene rings is 2. The maximum Gasteiger partial charge on any atom is 0.407 e. The molecule has 1 amide bonds. The van der Waals surface area contributed by atoms with Crippen molar-refractivity contribution in [1.82, 2.24) is 4.90 Å². The van der Waals surface area contributed by atoms with E-state index in [1.54, 1.807) is 0 Å². The van der Waals surface area contributed by atoms with Crippen molar-refractivity contribution in [3.05, 3.63) is 64.7 Å². The summed E-state index contributed by atoms with van der Waals surface area (Å²) in [5.74, 6) is 0.574. The van der Waals surface area contributed by atoms with Gasteiger partial charge in [0, 0.05) is 6.54 Å². The molecule has 0 aliphatic carbocycles. The maximum absolute atomic E-state index is 11.3. The molecule has 26 heavy (non-hydrogen) atoms. The first kappa shape index (κ1) is 20.1. The third-order valence-corrected chi connectivity index (χ3v) is 4.10. The van der Waals surface area contributed by atoms with Gasteiger partial charge in [-0.1, -0.05) is 68.8 Å². The predicted molar refractivity (Wildman–Crippen MR) is 105 cm³/mol. The Kier molecular flexibility index (Phi) is 6.92. The van der Waals surface area contributed by atoms with Crippen molar-refractivity contribution in [1.29, 1.82) is 0 Å². The molecule has 0 spiro atoms. The zero-order valence-electron chi connectivity index (χ0n) is 15.5. The summed E-state index contributed by atoms with van der Waals surface area (Å²) >= 11 is 6.33. The van der Waals surface area contributed by atoms with Gasteiger partial charge in [-0.3, -0.25) is 0 Å². The van der Waals surface area contributed by atoms with Crippen LogP contribution in [0, 0.1) is 5.41 Å². The van der Waals surface area contributed by atoms with E-state index in [-0.39, 0.29) is 12.0 Å². The third-order valence-electron chi connectivity index (χ3n) is 3.80. The highest BCUT2D eigenvalue weighted by Gasteiger charge is 2.20. The van der Waals surface area contributed by atoms with Gasteiger partial charge in [-0.15, -0.1) is 0 Å². The van der Waals surface area contributed by atoms with Crippen molar-refractivity contribution < 1.29 is 14.6 Å². The van der Waals surface area contributed by atoms with Gasteiger partial charge in [0.25, 0.3) is 0 Å². The first-order valence-electron chi connectivity index (χ1n) is 8.67. The van der Waals surface area contributed by atoms with Crippen LogP contribution in [0.3, 0.4) is 0 Å². The van der Waals surface area contributed by atoms with Crippen LogP contribution in [0.1, 0.15) is 31.9 Å². The highest BCUT2D eigenvalue weighted by atomic mass is 35.5. The summed E-state index contributed by atoms with van der Waals surface area (Å²) in [5.41, 5.74) is 2.22. The second-order valence-electron chi connectivity index (χ2n) is 7.54. The molecular weight excluding hydrogens is 350 g/mol. The van der Waals surface area contributed by atoms with Crippen molar-refractivity contribution >= 4 is 17.7 Å². The molecule has 0 bridgehead atoms. The lowest BCUT2D eigenvalue weighted by atomic mass is 9.96. The summed E-state index contributed by atoms with van der Waals surface area (Å²) in [4.78, 5) is 12.7. The molecule has 0 unspecified atom stereocenters. The molecule has 2 rings (SSSR count). The smallest absolute Gasteiger partial charge is 0.407 e. The van der Waals surface area contributed by atoms with Gasteiger partial charge in [0.15, 0.2) is 0 Å². The molecule has 2 aromatic carbocycles. The normalized spacial score (nSPS) is 11.2. The Morgan fingerprint density at radius 3 is 2.38 bits per heavy atom. The highest BCUT2D eigenvalue weighted by Crippen LogP contribution is 2.26. The molecule has 0 aliphatic rings. The zero-order valence-corrected chi connectivity index (χ0v) is 16.3. The van der Waals surface area contributed by atoms with Crippen LogP contribution in [-0.4, -0.2) is 35.8 Å². The predicted octanol–water partition coefficient (Wildman–Crippen LogP) is 5.34. The van der Waals surface area contributed by atoms with E-state index in [1.807, 2.05) is 57.2 Å². The molecule has 1 N–H and O–H groups in total. The Hall–Kier alpha value is -2.20. The van der Waals surface area contributed by atoms with Crippen LogP contribution in [-0.2, 0) is 6.42 Å². The van der Waals surface area contributed by atoms with Gasteiger partial charge >= 0.3 is 6.09 Å². The summed E-state index contributed by atoms with van der Waals surface area (Å²) < 4.78 is 5.70. The van der Waals surface area contributed by atoms with E-state index < -0.39 is 6.09 Å². The second kappa shape index (κ2) is 8.95. The second-order valence-corrected chi connectivity index (χ2v) is 7.95. The van der Waals surface area contributed by atoms with E-state index in [9.17, 15) is 9.90 Å². The Morgan fingerprint density at radius 1 is 1.12 bits per heavy atom. The Bertz CT molecular complexity index is 726. The van der Waals surface area contributed by atoms with Crippen LogP contribution in [0.15, 0.2) is 48.5 Å². The van der Waals surface area contributed by atoms with Crippen LogP contribution in [0.2, 0.25) is 5.02 Å². The summed E-state index contributed by atoms with van der Waals surface area (Å²) in [5, 5.41) is 9.85. The molecule has 140 valence electrons. The number of ether oxygens (including phenoxy) is 1. The molecule has 0 aromatic heterocycles. The lowest BCUT2D eigenvalue weighted by molar-refractivity contribution is 0.116. The van der Waals surface area contributed by atoms with Crippen LogP contribution < -0.4 is 4.74 Å². The number of hydrogen-bond acceptors (Lipinski definition) is 2. The molecular formula is C21H26ClNO3. The number of amides is 1. The molecule has 0 saturated heterocycles. The molecule has 0 saturated carbocycles. The highest BCUT2D eigenvalue weighted by molar-refractivity contribution is 6.32. The average Bonchev–Trinajstić information content (AvgIpc) is 2.55. The average molecular weight is 376 g/mol. The fourth-order valence-corrected chi connectivity index (χ4v) is 2.94. The number of hydrogen-bond donors (Lipinski definition) is 1. The van der Waals surface area contributed by atoms with E-state index in [0.717, 1.165) is 12.0 Å². The summed E-state index contributed by atoms with van der Waals surface area (Å²) in [6, 6.07) is 15.9. The number of carboxylic acid groups (broad SMARTS) is 1. The molecule has 0 radical (unpaired) electrons. The van der Waals surface area contributed by atoms with Crippen molar-refractivity contribution in [2.24, 2.45) is 5.41 Å². The fourth-order valence-electron chi connectivity index (χ4n) is 2.68. The van der Waals surface area contributed by atoms with Crippen molar-refractivity contribution in [2.75, 3.05) is 19.7 Å². The summed E-state index contributed by atoms with van der Waals surface area (Å²) in [6.07, 6.45) is -0.132. The van der Waals surface area contributed by atoms with Gasteiger partial charge < -0.3 is 14.7 Å². The Morgan fingerprint density at radius 2 is 1.81 bits per heavy atom. The minimum Gasteiger partial charge on any atom is -0.490 e. The van der Waals surface area contributed by atoms with Crippen molar-refractivity contribution in [3.63, 3.8) is 0 Å². The van der Waals surface area contributed by atoms with Crippen molar-refractivity contribution in [2.45, 2.75) is 27.2 Å². The Balaban J connectivity index is 1.92. The van der Waals surface area contributed by atoms with Gasteiger partial charge in [-0.05, 0) is 35.1 Å². The molecule has 0 aliphatic heterocycles. The van der Waals surface area contributed by atoms with E-state index >= 15 is 0 Å². The van der Waals surface area contributed by atoms with E-state index in [4.69, 9.17) is 16.3 Å². The van der Waals surface area contributed by atoms with Gasteiger partial charge in [0.05, 0.1) is 11.6 Å². The SMILES string of the molecule is CC(C)(C)CN(CCOc1ccc(Cc2ccccc2)cc1Cl)C(=O)O. The summed E-state index contributed by atoms with van der Waals surface area (Å²) in [6.45, 7) is 7.04. The quantitative estimate of drug-likeness (QED) is 0.710. The number of rotatable bonds is 7. The molecule has 0 fully saturated rings. The maximum atomic E-state index is 11.3. The minimum atomic E-state index is -0.937. The zero-order chi connectivity index (χ0) is 19.2. The van der Waals surface area contributed by atoms with Crippen molar-refractivity contribution in [3.8, 4) is 5.75 Å². The first-order valence-corrected chi connectivity index (χ1v) is 9.05. The van der Waals surface area contributed by atoms with Crippen LogP contribution >= 0.6 is 11.6 Å². The minimum absolute atomic E-state index is 0.102. The van der Waals surface area contributed by atoms with Crippen LogP contribution in [0.4, 0.5) is 4.79 Å². The molecule has 0 heterocycles. The topological polar surface area (TPSA) is 49.8 Å². The molecule has 5 heteroatoms.